The Morgan fingerprint density at radius 3 is 2.76 bits per heavy atom. The van der Waals surface area contributed by atoms with Crippen molar-refractivity contribution in [3.05, 3.63) is 29.3 Å². The Hall–Kier alpha value is -1.92. The van der Waals surface area contributed by atoms with Crippen LogP contribution in [0.15, 0.2) is 18.2 Å². The standard InChI is InChI=1S/C19H26N2O4/c1-12-10-21(11-13(2)25-12)19(24)8-6-17(22)15-3-5-16-14(9-15)4-7-18(23)20-16/h3,5,9,12-13,17,22H,4,6-8,10-11H2,1-2H3,(H,20,23). The highest BCUT2D eigenvalue weighted by molar-refractivity contribution is 5.93. The minimum Gasteiger partial charge on any atom is -0.388 e. The molecular weight excluding hydrogens is 320 g/mol. The molecule has 2 N–H and O–H groups in total. The van der Waals surface area contributed by atoms with Crippen LogP contribution in [0, 0.1) is 0 Å². The van der Waals surface area contributed by atoms with E-state index in [0.717, 1.165) is 16.8 Å². The number of aryl methyl sites for hydroxylation is 1. The van der Waals surface area contributed by atoms with Gasteiger partial charge in [-0.15, -0.1) is 0 Å². The van der Waals surface area contributed by atoms with Crippen molar-refractivity contribution in [3.8, 4) is 0 Å². The number of morpholine rings is 1. The maximum atomic E-state index is 12.4. The van der Waals surface area contributed by atoms with Crippen LogP contribution in [0.2, 0.25) is 0 Å². The van der Waals surface area contributed by atoms with Gasteiger partial charge in [-0.3, -0.25) is 9.59 Å². The Kier molecular flexibility index (Phi) is 5.39. The molecule has 136 valence electrons. The molecule has 2 heterocycles. The second-order valence-corrected chi connectivity index (χ2v) is 7.08. The predicted molar refractivity (Wildman–Crippen MR) is 94.2 cm³/mol. The number of amides is 2. The highest BCUT2D eigenvalue weighted by atomic mass is 16.5. The molecule has 0 bridgehead atoms. The first kappa shape index (κ1) is 17.9. The van der Waals surface area contributed by atoms with Gasteiger partial charge >= 0.3 is 0 Å². The SMILES string of the molecule is CC1CN(C(=O)CCC(O)c2ccc3c(c2)CCC(=O)N3)CC(C)O1. The van der Waals surface area contributed by atoms with Crippen LogP contribution >= 0.6 is 0 Å². The van der Waals surface area contributed by atoms with Crippen molar-refractivity contribution >= 4 is 17.5 Å². The normalized spacial score (nSPS) is 24.4. The maximum Gasteiger partial charge on any atom is 0.224 e. The molecule has 6 nitrogen and oxygen atoms in total. The lowest BCUT2D eigenvalue weighted by Gasteiger charge is -2.35. The van der Waals surface area contributed by atoms with Gasteiger partial charge in [0.25, 0.3) is 0 Å². The molecule has 1 aromatic rings. The van der Waals surface area contributed by atoms with Crippen LogP contribution in [0.25, 0.3) is 0 Å². The van der Waals surface area contributed by atoms with Crippen molar-refractivity contribution in [1.29, 1.82) is 0 Å². The summed E-state index contributed by atoms with van der Waals surface area (Å²) in [7, 11) is 0. The number of rotatable bonds is 4. The number of anilines is 1. The van der Waals surface area contributed by atoms with Crippen LogP contribution in [0.4, 0.5) is 5.69 Å². The molecule has 25 heavy (non-hydrogen) atoms. The van der Waals surface area contributed by atoms with Gasteiger partial charge in [0.15, 0.2) is 0 Å². The average Bonchev–Trinajstić information content (AvgIpc) is 2.58. The summed E-state index contributed by atoms with van der Waals surface area (Å²) in [6, 6.07) is 5.58. The molecule has 0 saturated carbocycles. The lowest BCUT2D eigenvalue weighted by Crippen LogP contribution is -2.48. The molecule has 0 radical (unpaired) electrons. The van der Waals surface area contributed by atoms with Crippen LogP contribution in [0.3, 0.4) is 0 Å². The van der Waals surface area contributed by atoms with Gasteiger partial charge in [0.1, 0.15) is 0 Å². The third kappa shape index (κ3) is 4.38. The largest absolute Gasteiger partial charge is 0.388 e. The second-order valence-electron chi connectivity index (χ2n) is 7.08. The Morgan fingerprint density at radius 2 is 2.04 bits per heavy atom. The molecular formula is C19H26N2O4. The van der Waals surface area contributed by atoms with Gasteiger partial charge in [-0.25, -0.2) is 0 Å². The molecule has 2 aliphatic heterocycles. The zero-order valence-corrected chi connectivity index (χ0v) is 14.8. The number of aliphatic hydroxyl groups excluding tert-OH is 1. The van der Waals surface area contributed by atoms with Crippen molar-refractivity contribution in [2.75, 3.05) is 18.4 Å². The van der Waals surface area contributed by atoms with Gasteiger partial charge in [0, 0.05) is 31.6 Å². The van der Waals surface area contributed by atoms with Gasteiger partial charge in [-0.2, -0.15) is 0 Å². The second kappa shape index (κ2) is 7.54. The molecule has 2 aliphatic rings. The van der Waals surface area contributed by atoms with Crippen LogP contribution in [0.1, 0.15) is 50.3 Å². The number of benzene rings is 1. The number of ether oxygens (including phenoxy) is 1. The number of aliphatic hydroxyl groups is 1. The highest BCUT2D eigenvalue weighted by Gasteiger charge is 2.26. The number of carbonyl (C=O) groups excluding carboxylic acids is 2. The summed E-state index contributed by atoms with van der Waals surface area (Å²) in [6.07, 6.45) is 1.28. The summed E-state index contributed by atoms with van der Waals surface area (Å²) in [4.78, 5) is 25.6. The van der Waals surface area contributed by atoms with E-state index in [4.69, 9.17) is 4.74 Å². The average molecular weight is 346 g/mol. The molecule has 3 unspecified atom stereocenters. The van der Waals surface area contributed by atoms with E-state index in [1.54, 1.807) is 0 Å². The summed E-state index contributed by atoms with van der Waals surface area (Å²) in [5, 5.41) is 13.3. The number of carbonyl (C=O) groups is 2. The lowest BCUT2D eigenvalue weighted by molar-refractivity contribution is -0.143. The van der Waals surface area contributed by atoms with E-state index in [1.165, 1.54) is 0 Å². The number of hydrogen-bond donors (Lipinski definition) is 2. The van der Waals surface area contributed by atoms with Crippen molar-refractivity contribution in [2.24, 2.45) is 0 Å². The van der Waals surface area contributed by atoms with Gasteiger partial charge in [-0.05, 0) is 43.9 Å². The Labute approximate surface area is 148 Å². The highest BCUT2D eigenvalue weighted by Crippen LogP contribution is 2.28. The molecule has 1 fully saturated rings. The minimum atomic E-state index is -0.678. The third-order valence-corrected chi connectivity index (χ3v) is 4.81. The van der Waals surface area contributed by atoms with Crippen LogP contribution in [-0.4, -0.2) is 47.1 Å². The van der Waals surface area contributed by atoms with E-state index in [9.17, 15) is 14.7 Å². The number of hydrogen-bond acceptors (Lipinski definition) is 4. The summed E-state index contributed by atoms with van der Waals surface area (Å²) in [5.41, 5.74) is 2.66. The molecule has 6 heteroatoms. The van der Waals surface area contributed by atoms with E-state index in [-0.39, 0.29) is 24.0 Å². The zero-order valence-electron chi connectivity index (χ0n) is 14.8. The van der Waals surface area contributed by atoms with Crippen LogP contribution in [0.5, 0.6) is 0 Å². The van der Waals surface area contributed by atoms with Crippen molar-refractivity contribution in [3.63, 3.8) is 0 Å². The van der Waals surface area contributed by atoms with Gasteiger partial charge in [-0.1, -0.05) is 12.1 Å². The fourth-order valence-corrected chi connectivity index (χ4v) is 3.58. The topological polar surface area (TPSA) is 78.9 Å². The first-order valence-corrected chi connectivity index (χ1v) is 8.96. The molecule has 3 rings (SSSR count). The maximum absolute atomic E-state index is 12.4. The van der Waals surface area contributed by atoms with E-state index in [0.29, 0.717) is 38.8 Å². The first-order chi connectivity index (χ1) is 11.9. The predicted octanol–water partition coefficient (Wildman–Crippen LogP) is 2.02. The third-order valence-electron chi connectivity index (χ3n) is 4.81. The van der Waals surface area contributed by atoms with Crippen LogP contribution in [-0.2, 0) is 20.7 Å². The van der Waals surface area contributed by atoms with E-state index in [1.807, 2.05) is 36.9 Å². The quantitative estimate of drug-likeness (QED) is 0.874. The van der Waals surface area contributed by atoms with Crippen molar-refractivity contribution in [1.82, 2.24) is 4.90 Å². The number of nitrogens with zero attached hydrogens (tertiary/aromatic N) is 1. The minimum absolute atomic E-state index is 0.0281. The molecule has 0 spiro atoms. The lowest BCUT2D eigenvalue weighted by atomic mass is 9.96. The van der Waals surface area contributed by atoms with Gasteiger partial charge in [0.2, 0.25) is 11.8 Å². The number of fused-ring (bicyclic) bond motifs is 1. The molecule has 3 atom stereocenters. The molecule has 1 aromatic carbocycles. The summed E-state index contributed by atoms with van der Waals surface area (Å²) < 4.78 is 5.65. The van der Waals surface area contributed by atoms with E-state index in [2.05, 4.69) is 5.32 Å². The summed E-state index contributed by atoms with van der Waals surface area (Å²) in [5.74, 6) is 0.0895. The zero-order chi connectivity index (χ0) is 18.0. The molecule has 2 amide bonds. The van der Waals surface area contributed by atoms with Crippen LogP contribution < -0.4 is 5.32 Å². The molecule has 0 aliphatic carbocycles. The summed E-state index contributed by atoms with van der Waals surface area (Å²) >= 11 is 0. The van der Waals surface area contributed by atoms with Gasteiger partial charge in [0.05, 0.1) is 18.3 Å². The number of nitrogens with one attached hydrogen (secondary N) is 1. The molecule has 1 saturated heterocycles. The van der Waals surface area contributed by atoms with Gasteiger partial charge < -0.3 is 20.1 Å². The Bertz CT molecular complexity index is 651. The Balaban J connectivity index is 1.56. The van der Waals surface area contributed by atoms with E-state index >= 15 is 0 Å². The fraction of sp³-hybridized carbons (Fsp3) is 0.579. The monoisotopic (exact) mass is 346 g/mol. The Morgan fingerprint density at radius 1 is 1.32 bits per heavy atom. The fourth-order valence-electron chi connectivity index (χ4n) is 3.58. The van der Waals surface area contributed by atoms with E-state index < -0.39 is 6.10 Å². The smallest absolute Gasteiger partial charge is 0.224 e. The first-order valence-electron chi connectivity index (χ1n) is 8.96. The molecule has 0 aromatic heterocycles. The van der Waals surface area contributed by atoms with Crippen molar-refractivity contribution in [2.45, 2.75) is 57.8 Å². The van der Waals surface area contributed by atoms with Crippen molar-refractivity contribution < 1.29 is 19.4 Å². The summed E-state index contributed by atoms with van der Waals surface area (Å²) in [6.45, 7) is 5.16.